The van der Waals surface area contributed by atoms with Gasteiger partial charge < -0.3 is 15.0 Å². The quantitative estimate of drug-likeness (QED) is 0.678. The molecule has 6 heteroatoms. The van der Waals surface area contributed by atoms with Crippen molar-refractivity contribution in [3.63, 3.8) is 0 Å². The maximum atomic E-state index is 11.9. The van der Waals surface area contributed by atoms with Crippen LogP contribution in [0.3, 0.4) is 0 Å². The molecular formula is C15H19ClN2O3. The van der Waals surface area contributed by atoms with Crippen molar-refractivity contribution in [2.75, 3.05) is 31.1 Å². The van der Waals surface area contributed by atoms with E-state index in [2.05, 4.69) is 5.32 Å². The third-order valence-corrected chi connectivity index (χ3v) is 3.00. The summed E-state index contributed by atoms with van der Waals surface area (Å²) >= 11 is 0. The number of hydrogen-bond acceptors (Lipinski definition) is 4. The molecule has 1 heterocycles. The third kappa shape index (κ3) is 4.58. The fourth-order valence-corrected chi connectivity index (χ4v) is 2.08. The van der Waals surface area contributed by atoms with Gasteiger partial charge in [-0.3, -0.25) is 4.79 Å². The van der Waals surface area contributed by atoms with Gasteiger partial charge in [-0.15, -0.1) is 12.4 Å². The molecule has 0 aromatic heterocycles. The molecule has 0 bridgehead atoms. The number of piperazine rings is 1. The highest BCUT2D eigenvalue weighted by molar-refractivity contribution is 5.98. The van der Waals surface area contributed by atoms with Gasteiger partial charge in [0.2, 0.25) is 5.91 Å². The first-order valence-electron chi connectivity index (χ1n) is 6.67. The number of benzene rings is 1. The van der Waals surface area contributed by atoms with Crippen LogP contribution >= 0.6 is 12.4 Å². The summed E-state index contributed by atoms with van der Waals surface area (Å²) < 4.78 is 4.85. The summed E-state index contributed by atoms with van der Waals surface area (Å²) in [5.41, 5.74) is 1.65. The zero-order chi connectivity index (χ0) is 14.4. The molecule has 1 aromatic carbocycles. The van der Waals surface area contributed by atoms with Gasteiger partial charge in [-0.25, -0.2) is 4.79 Å². The number of para-hydroxylation sites is 1. The topological polar surface area (TPSA) is 58.6 Å². The molecule has 0 unspecified atom stereocenters. The number of nitrogens with zero attached hydrogens (tertiary/aromatic N) is 1. The molecule has 5 nitrogen and oxygen atoms in total. The van der Waals surface area contributed by atoms with Gasteiger partial charge in [-0.2, -0.15) is 0 Å². The van der Waals surface area contributed by atoms with E-state index in [1.165, 1.54) is 6.08 Å². The Hall–Kier alpha value is -1.85. The Kier molecular flexibility index (Phi) is 6.91. The normalized spacial score (nSPS) is 14.9. The molecule has 114 valence electrons. The molecule has 1 fully saturated rings. The number of amides is 1. The summed E-state index contributed by atoms with van der Waals surface area (Å²) in [6.07, 6.45) is 3.07. The molecule has 1 N–H and O–H groups in total. The van der Waals surface area contributed by atoms with Crippen molar-refractivity contribution < 1.29 is 14.3 Å². The van der Waals surface area contributed by atoms with E-state index in [0.29, 0.717) is 19.7 Å². The van der Waals surface area contributed by atoms with Crippen LogP contribution in [0.2, 0.25) is 0 Å². The molecule has 1 aliphatic heterocycles. The van der Waals surface area contributed by atoms with Crippen LogP contribution in [0.15, 0.2) is 30.3 Å². The number of nitrogens with one attached hydrogen (secondary N) is 1. The Morgan fingerprint density at radius 2 is 2.19 bits per heavy atom. The highest BCUT2D eigenvalue weighted by Gasteiger charge is 2.20. The highest BCUT2D eigenvalue weighted by atomic mass is 35.5. The fourth-order valence-electron chi connectivity index (χ4n) is 2.08. The minimum absolute atomic E-state index is 0. The lowest BCUT2D eigenvalue weighted by molar-refractivity contribution is -0.137. The Morgan fingerprint density at radius 1 is 1.43 bits per heavy atom. The predicted octanol–water partition coefficient (Wildman–Crippen LogP) is 1.62. The molecule has 0 spiro atoms. The van der Waals surface area contributed by atoms with Gasteiger partial charge in [0.25, 0.3) is 0 Å². The number of anilines is 1. The van der Waals surface area contributed by atoms with Crippen molar-refractivity contribution in [1.29, 1.82) is 0 Å². The van der Waals surface area contributed by atoms with Gasteiger partial charge >= 0.3 is 5.97 Å². The monoisotopic (exact) mass is 310 g/mol. The molecule has 0 aliphatic carbocycles. The number of halogens is 1. The van der Waals surface area contributed by atoms with Crippen LogP contribution in [0.4, 0.5) is 5.69 Å². The Labute approximate surface area is 130 Å². The standard InChI is InChI=1S/C15H18N2O3.ClH/c1-2-20-15(19)8-7-12-5-3-4-6-13(12)17-10-9-16-11-14(17)18;/h3-8,16H,2,9-11H2,1H3;1H/b8-7+;. The van der Waals surface area contributed by atoms with Gasteiger partial charge in [0.05, 0.1) is 18.8 Å². The summed E-state index contributed by atoms with van der Waals surface area (Å²) in [6, 6.07) is 7.52. The van der Waals surface area contributed by atoms with E-state index in [-0.39, 0.29) is 24.3 Å². The average Bonchev–Trinajstić information content (AvgIpc) is 2.46. The van der Waals surface area contributed by atoms with E-state index in [1.54, 1.807) is 17.9 Å². The molecule has 1 aliphatic rings. The fraction of sp³-hybridized carbons (Fsp3) is 0.333. The molecule has 0 saturated carbocycles. The lowest BCUT2D eigenvalue weighted by Crippen LogP contribution is -2.48. The van der Waals surface area contributed by atoms with Gasteiger partial charge in [0.15, 0.2) is 0 Å². The summed E-state index contributed by atoms with van der Waals surface area (Å²) in [7, 11) is 0. The molecule has 21 heavy (non-hydrogen) atoms. The number of ether oxygens (including phenoxy) is 1. The second kappa shape index (κ2) is 8.44. The Bertz CT molecular complexity index is 531. The van der Waals surface area contributed by atoms with E-state index in [4.69, 9.17) is 4.74 Å². The summed E-state index contributed by atoms with van der Waals surface area (Å²) in [6.45, 7) is 3.85. The SMILES string of the molecule is CCOC(=O)/C=C/c1ccccc1N1CCNCC1=O.Cl. The Morgan fingerprint density at radius 3 is 2.90 bits per heavy atom. The van der Waals surface area contributed by atoms with Crippen molar-refractivity contribution >= 4 is 36.0 Å². The molecule has 0 radical (unpaired) electrons. The number of hydrogen-bond donors (Lipinski definition) is 1. The second-order valence-electron chi connectivity index (χ2n) is 4.37. The number of esters is 1. The van der Waals surface area contributed by atoms with Crippen LogP contribution in [-0.2, 0) is 14.3 Å². The second-order valence-corrected chi connectivity index (χ2v) is 4.37. The average molecular weight is 311 g/mol. The van der Waals surface area contributed by atoms with Crippen molar-refractivity contribution in [2.45, 2.75) is 6.92 Å². The van der Waals surface area contributed by atoms with Gasteiger partial charge in [0, 0.05) is 19.2 Å². The lowest BCUT2D eigenvalue weighted by Gasteiger charge is -2.28. The van der Waals surface area contributed by atoms with Crippen LogP contribution < -0.4 is 10.2 Å². The van der Waals surface area contributed by atoms with E-state index >= 15 is 0 Å². The number of carbonyl (C=O) groups excluding carboxylic acids is 2. The van der Waals surface area contributed by atoms with E-state index < -0.39 is 0 Å². The lowest BCUT2D eigenvalue weighted by atomic mass is 10.1. The van der Waals surface area contributed by atoms with Crippen molar-refractivity contribution in [3.05, 3.63) is 35.9 Å². The maximum Gasteiger partial charge on any atom is 0.330 e. The van der Waals surface area contributed by atoms with Crippen molar-refractivity contribution in [1.82, 2.24) is 5.32 Å². The summed E-state index contributed by atoms with van der Waals surface area (Å²) in [5, 5.41) is 3.04. The minimum Gasteiger partial charge on any atom is -0.463 e. The first kappa shape index (κ1) is 17.2. The molecule has 0 atom stereocenters. The van der Waals surface area contributed by atoms with Crippen molar-refractivity contribution in [3.8, 4) is 0 Å². The number of rotatable bonds is 4. The van der Waals surface area contributed by atoms with Crippen LogP contribution in [0.1, 0.15) is 12.5 Å². The molecule has 2 rings (SSSR count). The van der Waals surface area contributed by atoms with Crippen LogP contribution in [0.25, 0.3) is 6.08 Å². The minimum atomic E-state index is -0.381. The first-order valence-corrected chi connectivity index (χ1v) is 6.67. The van der Waals surface area contributed by atoms with Gasteiger partial charge in [0.1, 0.15) is 0 Å². The maximum absolute atomic E-state index is 11.9. The first-order chi connectivity index (χ1) is 9.72. The molecule has 1 amide bonds. The zero-order valence-electron chi connectivity index (χ0n) is 11.9. The largest absolute Gasteiger partial charge is 0.463 e. The zero-order valence-corrected chi connectivity index (χ0v) is 12.7. The highest BCUT2D eigenvalue weighted by Crippen LogP contribution is 2.22. The van der Waals surface area contributed by atoms with Crippen LogP contribution in [0.5, 0.6) is 0 Å². The van der Waals surface area contributed by atoms with E-state index in [0.717, 1.165) is 17.8 Å². The van der Waals surface area contributed by atoms with Gasteiger partial charge in [-0.1, -0.05) is 18.2 Å². The molecular weight excluding hydrogens is 292 g/mol. The molecule has 1 saturated heterocycles. The summed E-state index contributed by atoms with van der Waals surface area (Å²) in [5.74, 6) is -0.345. The smallest absolute Gasteiger partial charge is 0.330 e. The van der Waals surface area contributed by atoms with Crippen LogP contribution in [0, 0.1) is 0 Å². The van der Waals surface area contributed by atoms with Crippen LogP contribution in [-0.4, -0.2) is 38.1 Å². The predicted molar refractivity (Wildman–Crippen MR) is 84.6 cm³/mol. The summed E-state index contributed by atoms with van der Waals surface area (Å²) in [4.78, 5) is 25.0. The van der Waals surface area contributed by atoms with E-state index in [9.17, 15) is 9.59 Å². The Balaban J connectivity index is 0.00000220. The molecule has 1 aromatic rings. The van der Waals surface area contributed by atoms with Gasteiger partial charge in [-0.05, 0) is 24.6 Å². The third-order valence-electron chi connectivity index (χ3n) is 3.00. The van der Waals surface area contributed by atoms with E-state index in [1.807, 2.05) is 24.3 Å². The number of carbonyl (C=O) groups is 2. The van der Waals surface area contributed by atoms with Crippen molar-refractivity contribution in [2.24, 2.45) is 0 Å².